The molecule has 1 aliphatic rings. The minimum atomic E-state index is -0.500. The number of carbonyl (C=O) groups excluding carboxylic acids is 2. The quantitative estimate of drug-likeness (QED) is 0.868. The predicted molar refractivity (Wildman–Crippen MR) is 74.6 cm³/mol. The van der Waals surface area contributed by atoms with E-state index in [-0.39, 0.29) is 17.3 Å². The molecule has 21 heavy (non-hydrogen) atoms. The minimum absolute atomic E-state index is 0.0407. The summed E-state index contributed by atoms with van der Waals surface area (Å²) in [6.45, 7) is 0. The van der Waals surface area contributed by atoms with Crippen LogP contribution in [0.15, 0.2) is 33.7 Å². The highest BCUT2D eigenvalue weighted by atomic mass is 16.3. The molecule has 0 aliphatic heterocycles. The van der Waals surface area contributed by atoms with E-state index in [9.17, 15) is 14.4 Å². The molecule has 1 amide bonds. The van der Waals surface area contributed by atoms with Crippen LogP contribution in [0, 0.1) is 0 Å². The molecule has 0 spiro atoms. The first-order valence-electron chi connectivity index (χ1n) is 6.65. The Morgan fingerprint density at radius 1 is 1.38 bits per heavy atom. The van der Waals surface area contributed by atoms with E-state index in [0.717, 1.165) is 5.76 Å². The van der Waals surface area contributed by atoms with Gasteiger partial charge in [0.05, 0.1) is 6.26 Å². The molecule has 2 aromatic rings. The van der Waals surface area contributed by atoms with Crippen molar-refractivity contribution >= 4 is 11.7 Å². The molecule has 2 aromatic heterocycles. The molecule has 6 heteroatoms. The van der Waals surface area contributed by atoms with Gasteiger partial charge in [-0.15, -0.1) is 0 Å². The average Bonchev–Trinajstić information content (AvgIpc) is 3.00. The van der Waals surface area contributed by atoms with Crippen molar-refractivity contribution in [2.45, 2.75) is 18.8 Å². The Morgan fingerprint density at radius 2 is 2.19 bits per heavy atom. The van der Waals surface area contributed by atoms with Gasteiger partial charge in [0.1, 0.15) is 11.3 Å². The van der Waals surface area contributed by atoms with Crippen LogP contribution < -0.4 is 10.9 Å². The van der Waals surface area contributed by atoms with Crippen LogP contribution >= 0.6 is 0 Å². The summed E-state index contributed by atoms with van der Waals surface area (Å²) in [7, 11) is 1.44. The van der Waals surface area contributed by atoms with Crippen molar-refractivity contribution in [1.29, 1.82) is 0 Å². The second-order valence-corrected chi connectivity index (χ2v) is 5.03. The lowest BCUT2D eigenvalue weighted by Crippen LogP contribution is -2.31. The lowest BCUT2D eigenvalue weighted by molar-refractivity contribution is 0.0958. The highest BCUT2D eigenvalue weighted by Crippen LogP contribution is 2.31. The molecule has 0 unspecified atom stereocenters. The second-order valence-electron chi connectivity index (χ2n) is 5.03. The maximum atomic E-state index is 12.3. The number of aromatic nitrogens is 1. The Labute approximate surface area is 120 Å². The SMILES string of the molecule is CNC(=O)c1cc2c([nH]c1=O)C[C@@H](c1ccco1)CC2=O. The third kappa shape index (κ3) is 2.29. The number of nitrogens with one attached hydrogen (secondary N) is 2. The Morgan fingerprint density at radius 3 is 2.86 bits per heavy atom. The van der Waals surface area contributed by atoms with Crippen LogP contribution in [0.3, 0.4) is 0 Å². The first kappa shape index (κ1) is 13.4. The number of rotatable bonds is 2. The molecule has 2 N–H and O–H groups in total. The zero-order chi connectivity index (χ0) is 15.0. The van der Waals surface area contributed by atoms with E-state index in [1.807, 2.05) is 6.07 Å². The molecule has 1 aliphatic carbocycles. The molecular weight excluding hydrogens is 272 g/mol. The van der Waals surface area contributed by atoms with Gasteiger partial charge < -0.3 is 14.7 Å². The zero-order valence-electron chi connectivity index (χ0n) is 11.4. The first-order valence-corrected chi connectivity index (χ1v) is 6.65. The van der Waals surface area contributed by atoms with Gasteiger partial charge in [-0.05, 0) is 24.6 Å². The summed E-state index contributed by atoms with van der Waals surface area (Å²) in [5, 5.41) is 2.39. The number of amides is 1. The van der Waals surface area contributed by atoms with Crippen LogP contribution in [-0.2, 0) is 6.42 Å². The highest BCUT2D eigenvalue weighted by Gasteiger charge is 2.29. The number of furan rings is 1. The minimum Gasteiger partial charge on any atom is -0.469 e. The van der Waals surface area contributed by atoms with Gasteiger partial charge in [-0.3, -0.25) is 14.4 Å². The summed E-state index contributed by atoms with van der Waals surface area (Å²) < 4.78 is 5.34. The summed E-state index contributed by atoms with van der Waals surface area (Å²) in [6.07, 6.45) is 2.38. The lowest BCUT2D eigenvalue weighted by Gasteiger charge is -2.22. The van der Waals surface area contributed by atoms with E-state index < -0.39 is 11.5 Å². The number of pyridine rings is 1. The zero-order valence-corrected chi connectivity index (χ0v) is 11.4. The number of H-pyrrole nitrogens is 1. The normalized spacial score (nSPS) is 17.4. The Bertz CT molecular complexity index is 758. The number of hydrogen-bond donors (Lipinski definition) is 2. The number of ketones is 1. The first-order chi connectivity index (χ1) is 10.1. The largest absolute Gasteiger partial charge is 0.469 e. The van der Waals surface area contributed by atoms with Crippen molar-refractivity contribution in [2.75, 3.05) is 7.05 Å². The van der Waals surface area contributed by atoms with Gasteiger partial charge in [0.2, 0.25) is 0 Å². The standard InChI is InChI=1S/C15H14N2O4/c1-16-14(19)10-7-9-11(17-15(10)20)5-8(6-12(9)18)13-3-2-4-21-13/h2-4,7-8H,5-6H2,1H3,(H,16,19)(H,17,20)/t8-/m1/s1. The molecule has 0 saturated heterocycles. The number of hydrogen-bond acceptors (Lipinski definition) is 4. The van der Waals surface area contributed by atoms with E-state index in [0.29, 0.717) is 24.1 Å². The molecule has 6 nitrogen and oxygen atoms in total. The van der Waals surface area contributed by atoms with Crippen molar-refractivity contribution in [3.63, 3.8) is 0 Å². The molecular formula is C15H14N2O4. The van der Waals surface area contributed by atoms with Gasteiger partial charge in [0.25, 0.3) is 11.5 Å². The fourth-order valence-electron chi connectivity index (χ4n) is 2.66. The third-order valence-corrected chi connectivity index (χ3v) is 3.72. The maximum Gasteiger partial charge on any atom is 0.261 e. The van der Waals surface area contributed by atoms with Gasteiger partial charge in [0, 0.05) is 30.6 Å². The molecule has 0 saturated carbocycles. The van der Waals surface area contributed by atoms with Crippen LogP contribution in [0.25, 0.3) is 0 Å². The molecule has 0 fully saturated rings. The molecule has 3 rings (SSSR count). The molecule has 0 bridgehead atoms. The van der Waals surface area contributed by atoms with Crippen LogP contribution in [0.4, 0.5) is 0 Å². The van der Waals surface area contributed by atoms with E-state index >= 15 is 0 Å². The third-order valence-electron chi connectivity index (χ3n) is 3.72. The van der Waals surface area contributed by atoms with Crippen molar-refractivity contribution in [2.24, 2.45) is 0 Å². The van der Waals surface area contributed by atoms with Gasteiger partial charge >= 0.3 is 0 Å². The Kier molecular flexibility index (Phi) is 3.21. The number of fused-ring (bicyclic) bond motifs is 1. The molecule has 0 aromatic carbocycles. The van der Waals surface area contributed by atoms with Crippen LogP contribution in [-0.4, -0.2) is 23.7 Å². The Balaban J connectivity index is 2.03. The summed E-state index contributed by atoms with van der Waals surface area (Å²) in [6, 6.07) is 4.97. The summed E-state index contributed by atoms with van der Waals surface area (Å²) in [5.41, 5.74) is 0.448. The van der Waals surface area contributed by atoms with Crippen molar-refractivity contribution in [3.05, 3.63) is 57.4 Å². The average molecular weight is 286 g/mol. The lowest BCUT2D eigenvalue weighted by atomic mass is 9.84. The summed E-state index contributed by atoms with van der Waals surface area (Å²) in [4.78, 5) is 38.5. The predicted octanol–water partition coefficient (Wildman–Crippen LogP) is 1.24. The molecule has 1 atom stereocenters. The van der Waals surface area contributed by atoms with Crippen LogP contribution in [0.1, 0.15) is 44.5 Å². The van der Waals surface area contributed by atoms with Gasteiger partial charge in [-0.2, -0.15) is 0 Å². The maximum absolute atomic E-state index is 12.3. The Hall–Kier alpha value is -2.63. The van der Waals surface area contributed by atoms with Crippen molar-refractivity contribution < 1.29 is 14.0 Å². The second kappa shape index (κ2) is 5.05. The smallest absolute Gasteiger partial charge is 0.261 e. The van der Waals surface area contributed by atoms with Crippen LogP contribution in [0.5, 0.6) is 0 Å². The number of aromatic amines is 1. The fraction of sp³-hybridized carbons (Fsp3) is 0.267. The molecule has 0 radical (unpaired) electrons. The van der Waals surface area contributed by atoms with Crippen LogP contribution in [0.2, 0.25) is 0 Å². The fourth-order valence-corrected chi connectivity index (χ4v) is 2.66. The molecule has 108 valence electrons. The molecule has 2 heterocycles. The summed E-state index contributed by atoms with van der Waals surface area (Å²) >= 11 is 0. The van der Waals surface area contributed by atoms with Crippen molar-refractivity contribution in [1.82, 2.24) is 10.3 Å². The van der Waals surface area contributed by atoms with E-state index in [4.69, 9.17) is 4.42 Å². The van der Waals surface area contributed by atoms with E-state index in [1.54, 1.807) is 12.3 Å². The highest BCUT2D eigenvalue weighted by molar-refractivity contribution is 6.02. The monoisotopic (exact) mass is 286 g/mol. The van der Waals surface area contributed by atoms with Gasteiger partial charge in [-0.25, -0.2) is 0 Å². The van der Waals surface area contributed by atoms with Crippen molar-refractivity contribution in [3.8, 4) is 0 Å². The van der Waals surface area contributed by atoms with E-state index in [2.05, 4.69) is 10.3 Å². The number of carbonyl (C=O) groups is 2. The van der Waals surface area contributed by atoms with Gasteiger partial charge in [-0.1, -0.05) is 0 Å². The number of Topliss-reactive ketones (excluding diaryl/α,β-unsaturated/α-hetero) is 1. The van der Waals surface area contributed by atoms with E-state index in [1.165, 1.54) is 13.1 Å². The topological polar surface area (TPSA) is 92.2 Å². The summed E-state index contributed by atoms with van der Waals surface area (Å²) in [5.74, 6) is 0.0470. The van der Waals surface area contributed by atoms with Gasteiger partial charge in [0.15, 0.2) is 5.78 Å².